The second-order valence-corrected chi connectivity index (χ2v) is 3.49. The van der Waals surface area contributed by atoms with Gasteiger partial charge in [0.2, 0.25) is 0 Å². The average Bonchev–Trinajstić information content (AvgIpc) is 2.69. The Morgan fingerprint density at radius 3 is 2.80 bits per heavy atom. The number of halogens is 1. The zero-order chi connectivity index (χ0) is 10.4. The van der Waals surface area contributed by atoms with Gasteiger partial charge in [0.1, 0.15) is 12.2 Å². The maximum absolute atomic E-state index is 11.7. The van der Waals surface area contributed by atoms with Gasteiger partial charge in [-0.05, 0) is 25.8 Å². The SMILES string of the molecule is NCCCC[C@H](N)C(=O)[NH+]1C=CNC1.[Cl-]. The van der Waals surface area contributed by atoms with Crippen LogP contribution in [0.25, 0.3) is 0 Å². The number of carbonyl (C=O) groups is 1. The smallest absolute Gasteiger partial charge is 0.334 e. The van der Waals surface area contributed by atoms with E-state index in [1.807, 2.05) is 0 Å². The van der Waals surface area contributed by atoms with Crippen LogP contribution in [0.5, 0.6) is 0 Å². The second kappa shape index (κ2) is 7.64. The van der Waals surface area contributed by atoms with Gasteiger partial charge in [0, 0.05) is 0 Å². The fourth-order valence-corrected chi connectivity index (χ4v) is 1.43. The summed E-state index contributed by atoms with van der Waals surface area (Å²) in [5, 5.41) is 2.96. The van der Waals surface area contributed by atoms with Gasteiger partial charge < -0.3 is 29.2 Å². The zero-order valence-electron chi connectivity index (χ0n) is 8.71. The molecule has 0 saturated carbocycles. The third-order valence-electron chi connectivity index (χ3n) is 2.32. The molecule has 0 aromatic heterocycles. The lowest BCUT2D eigenvalue weighted by Crippen LogP contribution is -3.11. The summed E-state index contributed by atoms with van der Waals surface area (Å²) in [6.07, 6.45) is 6.16. The predicted molar refractivity (Wildman–Crippen MR) is 54.0 cm³/mol. The largest absolute Gasteiger partial charge is 1.00 e. The quantitative estimate of drug-likeness (QED) is 0.359. The lowest BCUT2D eigenvalue weighted by molar-refractivity contribution is -0.760. The second-order valence-electron chi connectivity index (χ2n) is 3.49. The van der Waals surface area contributed by atoms with Crippen LogP contribution in [0.1, 0.15) is 19.3 Å². The molecule has 1 aliphatic heterocycles. The van der Waals surface area contributed by atoms with E-state index in [9.17, 15) is 4.79 Å². The summed E-state index contributed by atoms with van der Waals surface area (Å²) >= 11 is 0. The third kappa shape index (κ3) is 4.61. The molecule has 0 bridgehead atoms. The van der Waals surface area contributed by atoms with Crippen LogP contribution in [0.3, 0.4) is 0 Å². The van der Waals surface area contributed by atoms with Crippen molar-refractivity contribution in [1.29, 1.82) is 0 Å². The molecular formula is C9H19ClN4O. The molecule has 1 aliphatic rings. The van der Waals surface area contributed by atoms with E-state index in [2.05, 4.69) is 5.32 Å². The van der Waals surface area contributed by atoms with Crippen molar-refractivity contribution in [3.8, 4) is 0 Å². The molecule has 0 aliphatic carbocycles. The Hall–Kier alpha value is -0.620. The molecular weight excluding hydrogens is 216 g/mol. The molecule has 0 saturated heterocycles. The Morgan fingerprint density at radius 1 is 1.53 bits per heavy atom. The Kier molecular flexibility index (Phi) is 7.33. The molecule has 0 fully saturated rings. The van der Waals surface area contributed by atoms with Gasteiger partial charge in [0.25, 0.3) is 0 Å². The average molecular weight is 235 g/mol. The summed E-state index contributed by atoms with van der Waals surface area (Å²) in [6, 6.07) is -0.360. The monoisotopic (exact) mass is 234 g/mol. The third-order valence-corrected chi connectivity index (χ3v) is 2.32. The minimum Gasteiger partial charge on any atom is -1.00 e. The van der Waals surface area contributed by atoms with Crippen LogP contribution in [0.4, 0.5) is 0 Å². The van der Waals surface area contributed by atoms with Crippen molar-refractivity contribution in [2.24, 2.45) is 11.5 Å². The molecule has 2 atom stereocenters. The van der Waals surface area contributed by atoms with E-state index in [4.69, 9.17) is 11.5 Å². The van der Waals surface area contributed by atoms with Crippen LogP contribution < -0.4 is 34.1 Å². The van der Waals surface area contributed by atoms with Crippen molar-refractivity contribution >= 4 is 5.91 Å². The first-order valence-electron chi connectivity index (χ1n) is 5.01. The van der Waals surface area contributed by atoms with Crippen LogP contribution in [-0.4, -0.2) is 25.2 Å². The molecule has 88 valence electrons. The Morgan fingerprint density at radius 2 is 2.27 bits per heavy atom. The van der Waals surface area contributed by atoms with Gasteiger partial charge in [-0.3, -0.25) is 0 Å². The van der Waals surface area contributed by atoms with Gasteiger partial charge in [0.05, 0.1) is 6.20 Å². The number of quaternary nitrogens is 1. The highest BCUT2D eigenvalue weighted by molar-refractivity contribution is 5.73. The van der Waals surface area contributed by atoms with Gasteiger partial charge in [-0.2, -0.15) is 0 Å². The van der Waals surface area contributed by atoms with E-state index >= 15 is 0 Å². The Labute approximate surface area is 96.3 Å². The van der Waals surface area contributed by atoms with Crippen molar-refractivity contribution in [3.63, 3.8) is 0 Å². The van der Waals surface area contributed by atoms with Crippen molar-refractivity contribution in [3.05, 3.63) is 12.4 Å². The summed E-state index contributed by atoms with van der Waals surface area (Å²) < 4.78 is 0. The Bertz CT molecular complexity index is 222. The van der Waals surface area contributed by atoms with Crippen LogP contribution in [0.2, 0.25) is 0 Å². The molecule has 15 heavy (non-hydrogen) atoms. The van der Waals surface area contributed by atoms with Crippen molar-refractivity contribution in [2.75, 3.05) is 13.2 Å². The van der Waals surface area contributed by atoms with Gasteiger partial charge in [-0.25, -0.2) is 9.69 Å². The first-order chi connectivity index (χ1) is 6.75. The van der Waals surface area contributed by atoms with Gasteiger partial charge in [-0.15, -0.1) is 0 Å². The van der Waals surface area contributed by atoms with E-state index in [-0.39, 0.29) is 24.4 Å². The molecule has 1 rings (SSSR count). The van der Waals surface area contributed by atoms with E-state index < -0.39 is 0 Å². The molecule has 0 radical (unpaired) electrons. The van der Waals surface area contributed by atoms with E-state index in [1.54, 1.807) is 12.4 Å². The molecule has 6 N–H and O–H groups in total. The standard InChI is InChI=1S/C9H18N4O.ClH/c10-4-2-1-3-8(11)9(14)13-6-5-12-7-13;/h5-6,8,12H,1-4,7,10-11H2;1H/t8-;/m0./s1. The molecule has 1 heterocycles. The number of rotatable bonds is 5. The molecule has 0 spiro atoms. The fraction of sp³-hybridized carbons (Fsp3) is 0.667. The van der Waals surface area contributed by atoms with Crippen LogP contribution in [0.15, 0.2) is 12.4 Å². The molecule has 1 amide bonds. The first kappa shape index (κ1) is 14.4. The topological polar surface area (TPSA) is 85.6 Å². The number of carbonyl (C=O) groups excluding carboxylic acids is 1. The predicted octanol–water partition coefficient (Wildman–Crippen LogP) is -5.11. The number of hydrogen-bond acceptors (Lipinski definition) is 4. The highest BCUT2D eigenvalue weighted by Crippen LogP contribution is 1.96. The molecule has 0 aromatic carbocycles. The van der Waals surface area contributed by atoms with Crippen LogP contribution in [-0.2, 0) is 4.79 Å². The molecule has 6 heteroatoms. The molecule has 5 nitrogen and oxygen atoms in total. The first-order valence-corrected chi connectivity index (χ1v) is 5.01. The summed E-state index contributed by atoms with van der Waals surface area (Å²) in [5.74, 6) is 0.0586. The van der Waals surface area contributed by atoms with Crippen molar-refractivity contribution in [1.82, 2.24) is 5.32 Å². The number of unbranched alkanes of at least 4 members (excludes halogenated alkanes) is 1. The zero-order valence-corrected chi connectivity index (χ0v) is 9.46. The van der Waals surface area contributed by atoms with Crippen LogP contribution >= 0.6 is 0 Å². The lowest BCUT2D eigenvalue weighted by atomic mass is 10.1. The number of nitrogens with two attached hydrogens (primary N) is 2. The summed E-state index contributed by atoms with van der Waals surface area (Å²) in [4.78, 5) is 12.4. The number of amides is 1. The number of nitrogens with one attached hydrogen (secondary N) is 2. The Balaban J connectivity index is 0.00000196. The fourth-order valence-electron chi connectivity index (χ4n) is 1.43. The minimum atomic E-state index is -0.360. The highest BCUT2D eigenvalue weighted by atomic mass is 35.5. The normalized spacial score (nSPS) is 20.5. The van der Waals surface area contributed by atoms with Gasteiger partial charge >= 0.3 is 5.91 Å². The number of hydrogen-bond donors (Lipinski definition) is 4. The highest BCUT2D eigenvalue weighted by Gasteiger charge is 2.25. The summed E-state index contributed by atoms with van der Waals surface area (Å²) in [5.41, 5.74) is 11.1. The molecule has 0 aromatic rings. The van der Waals surface area contributed by atoms with E-state index in [0.717, 1.165) is 24.2 Å². The summed E-state index contributed by atoms with van der Waals surface area (Å²) in [7, 11) is 0. The van der Waals surface area contributed by atoms with Gasteiger partial charge in [0.15, 0.2) is 6.67 Å². The maximum Gasteiger partial charge on any atom is 0.334 e. The van der Waals surface area contributed by atoms with Crippen molar-refractivity contribution < 1.29 is 22.1 Å². The van der Waals surface area contributed by atoms with Gasteiger partial charge in [-0.1, -0.05) is 0 Å². The molecule has 1 unspecified atom stereocenters. The van der Waals surface area contributed by atoms with E-state index in [0.29, 0.717) is 13.2 Å². The van der Waals surface area contributed by atoms with Crippen molar-refractivity contribution in [2.45, 2.75) is 25.3 Å². The minimum absolute atomic E-state index is 0. The van der Waals surface area contributed by atoms with Crippen LogP contribution in [0, 0.1) is 0 Å². The maximum atomic E-state index is 11.7. The van der Waals surface area contributed by atoms with E-state index in [1.165, 1.54) is 0 Å². The lowest BCUT2D eigenvalue weighted by Gasteiger charge is -2.12. The summed E-state index contributed by atoms with van der Waals surface area (Å²) in [6.45, 7) is 1.28.